The van der Waals surface area contributed by atoms with Crippen molar-refractivity contribution in [3.8, 4) is 11.3 Å². The van der Waals surface area contributed by atoms with Gasteiger partial charge in [-0.15, -0.1) is 0 Å². The zero-order valence-corrected chi connectivity index (χ0v) is 18.5. The van der Waals surface area contributed by atoms with E-state index < -0.39 is 12.1 Å². The number of ketones is 1. The van der Waals surface area contributed by atoms with E-state index in [0.717, 1.165) is 22.2 Å². The highest BCUT2D eigenvalue weighted by atomic mass is 16.5. The van der Waals surface area contributed by atoms with E-state index in [1.165, 1.54) is 0 Å². The molecule has 4 rings (SSSR count). The lowest BCUT2D eigenvalue weighted by atomic mass is 10.0. The van der Waals surface area contributed by atoms with Gasteiger partial charge in [0.05, 0.1) is 16.8 Å². The van der Waals surface area contributed by atoms with Crippen molar-refractivity contribution in [1.29, 1.82) is 0 Å². The van der Waals surface area contributed by atoms with Crippen LogP contribution in [0.2, 0.25) is 0 Å². The van der Waals surface area contributed by atoms with Crippen molar-refractivity contribution in [2.45, 2.75) is 33.3 Å². The van der Waals surface area contributed by atoms with E-state index in [9.17, 15) is 9.59 Å². The van der Waals surface area contributed by atoms with Crippen LogP contribution in [0.4, 0.5) is 0 Å². The molecule has 0 saturated carbocycles. The van der Waals surface area contributed by atoms with Crippen LogP contribution >= 0.6 is 0 Å². The molecule has 0 saturated heterocycles. The fourth-order valence-electron chi connectivity index (χ4n) is 3.74. The van der Waals surface area contributed by atoms with Crippen LogP contribution in [-0.4, -0.2) is 22.8 Å². The SMILES string of the molecule is CCC(OC(=O)c1cc(-c2ccc(C)cc2)nc2c(C)cccc12)C(=O)c1ccccc1. The maximum Gasteiger partial charge on any atom is 0.339 e. The molecule has 1 aromatic heterocycles. The lowest BCUT2D eigenvalue weighted by Gasteiger charge is -2.17. The molecule has 4 nitrogen and oxygen atoms in total. The Bertz CT molecular complexity index is 1280. The van der Waals surface area contributed by atoms with Crippen LogP contribution in [0.15, 0.2) is 78.9 Å². The number of aromatic nitrogens is 1. The number of Topliss-reactive ketones (excluding diaryl/α,β-unsaturated/α-hetero) is 1. The van der Waals surface area contributed by atoms with Gasteiger partial charge in [-0.2, -0.15) is 0 Å². The highest BCUT2D eigenvalue weighted by molar-refractivity contribution is 6.07. The summed E-state index contributed by atoms with van der Waals surface area (Å²) >= 11 is 0. The van der Waals surface area contributed by atoms with Crippen molar-refractivity contribution in [3.63, 3.8) is 0 Å². The molecule has 160 valence electrons. The Labute approximate surface area is 187 Å². The molecule has 0 bridgehead atoms. The highest BCUT2D eigenvalue weighted by Crippen LogP contribution is 2.28. The van der Waals surface area contributed by atoms with Gasteiger partial charge in [0.25, 0.3) is 0 Å². The van der Waals surface area contributed by atoms with Gasteiger partial charge in [0.1, 0.15) is 0 Å². The van der Waals surface area contributed by atoms with Crippen LogP contribution < -0.4 is 0 Å². The van der Waals surface area contributed by atoms with E-state index in [1.54, 1.807) is 30.3 Å². The second kappa shape index (κ2) is 9.15. The normalized spacial score (nSPS) is 11.8. The van der Waals surface area contributed by atoms with Crippen molar-refractivity contribution in [3.05, 3.63) is 101 Å². The van der Waals surface area contributed by atoms with E-state index in [1.807, 2.05) is 69.3 Å². The number of benzene rings is 3. The van der Waals surface area contributed by atoms with Crippen molar-refractivity contribution in [2.24, 2.45) is 0 Å². The summed E-state index contributed by atoms with van der Waals surface area (Å²) in [6.07, 6.45) is -0.451. The van der Waals surface area contributed by atoms with E-state index >= 15 is 0 Å². The molecule has 1 atom stereocenters. The van der Waals surface area contributed by atoms with Gasteiger partial charge in [0, 0.05) is 16.5 Å². The maximum atomic E-state index is 13.3. The number of para-hydroxylation sites is 1. The number of pyridine rings is 1. The fourth-order valence-corrected chi connectivity index (χ4v) is 3.74. The Morgan fingerprint density at radius 1 is 0.906 bits per heavy atom. The third kappa shape index (κ3) is 4.30. The first-order valence-electron chi connectivity index (χ1n) is 10.8. The van der Waals surface area contributed by atoms with Gasteiger partial charge in [-0.3, -0.25) is 4.79 Å². The standard InChI is InChI=1S/C28H25NO3/c1-4-25(27(30)21-10-6-5-7-11-21)32-28(31)23-17-24(20-15-13-18(2)14-16-20)29-26-19(3)9-8-12-22(23)26/h5-17,25H,4H2,1-3H3. The minimum Gasteiger partial charge on any atom is -0.450 e. The van der Waals surface area contributed by atoms with Crippen molar-refractivity contribution >= 4 is 22.7 Å². The molecule has 0 N–H and O–H groups in total. The van der Waals surface area contributed by atoms with Gasteiger partial charge in [0.2, 0.25) is 5.78 Å². The molecular weight excluding hydrogens is 398 g/mol. The summed E-state index contributed by atoms with van der Waals surface area (Å²) < 4.78 is 5.74. The van der Waals surface area contributed by atoms with E-state index in [2.05, 4.69) is 0 Å². The van der Waals surface area contributed by atoms with Crippen LogP contribution in [0, 0.1) is 13.8 Å². The van der Waals surface area contributed by atoms with Gasteiger partial charge >= 0.3 is 5.97 Å². The predicted octanol–water partition coefficient (Wildman–Crippen LogP) is 6.34. The minimum atomic E-state index is -0.847. The Balaban J connectivity index is 1.75. The molecule has 0 aliphatic carbocycles. The van der Waals surface area contributed by atoms with Crippen molar-refractivity contribution in [2.75, 3.05) is 0 Å². The molecule has 3 aromatic carbocycles. The molecule has 32 heavy (non-hydrogen) atoms. The first kappa shape index (κ1) is 21.4. The molecule has 4 aromatic rings. The Kier molecular flexibility index (Phi) is 6.13. The highest BCUT2D eigenvalue weighted by Gasteiger charge is 2.25. The second-order valence-electron chi connectivity index (χ2n) is 7.92. The van der Waals surface area contributed by atoms with Gasteiger partial charge in [-0.05, 0) is 31.9 Å². The summed E-state index contributed by atoms with van der Waals surface area (Å²) in [6, 6.07) is 24.4. The molecule has 0 radical (unpaired) electrons. The van der Waals surface area contributed by atoms with Gasteiger partial charge < -0.3 is 4.74 Å². The zero-order chi connectivity index (χ0) is 22.7. The fraction of sp³-hybridized carbons (Fsp3) is 0.179. The lowest BCUT2D eigenvalue weighted by Crippen LogP contribution is -2.27. The number of rotatable bonds is 6. The van der Waals surface area contributed by atoms with Gasteiger partial charge in [-0.1, -0.05) is 85.3 Å². The lowest BCUT2D eigenvalue weighted by molar-refractivity contribution is 0.0279. The summed E-state index contributed by atoms with van der Waals surface area (Å²) in [7, 11) is 0. The average molecular weight is 424 g/mol. The zero-order valence-electron chi connectivity index (χ0n) is 18.5. The minimum absolute atomic E-state index is 0.199. The monoisotopic (exact) mass is 423 g/mol. The molecule has 0 fully saturated rings. The largest absolute Gasteiger partial charge is 0.450 e. The maximum absolute atomic E-state index is 13.3. The smallest absolute Gasteiger partial charge is 0.339 e. The van der Waals surface area contributed by atoms with Crippen molar-refractivity contribution in [1.82, 2.24) is 4.98 Å². The number of esters is 1. The number of ether oxygens (including phenoxy) is 1. The topological polar surface area (TPSA) is 56.3 Å². The van der Waals surface area contributed by atoms with Crippen LogP contribution in [0.3, 0.4) is 0 Å². The second-order valence-corrected chi connectivity index (χ2v) is 7.92. The number of hydrogen-bond donors (Lipinski definition) is 0. The molecular formula is C28H25NO3. The molecule has 0 aliphatic rings. The summed E-state index contributed by atoms with van der Waals surface area (Å²) in [6.45, 7) is 5.83. The predicted molar refractivity (Wildman–Crippen MR) is 127 cm³/mol. The van der Waals surface area contributed by atoms with Crippen LogP contribution in [-0.2, 0) is 4.74 Å². The summed E-state index contributed by atoms with van der Waals surface area (Å²) in [5.74, 6) is -0.720. The first-order valence-corrected chi connectivity index (χ1v) is 10.8. The van der Waals surface area contributed by atoms with Gasteiger partial charge in [-0.25, -0.2) is 9.78 Å². The number of carbonyl (C=O) groups is 2. The number of nitrogens with zero attached hydrogens (tertiary/aromatic N) is 1. The number of fused-ring (bicyclic) bond motifs is 1. The van der Waals surface area contributed by atoms with Crippen molar-refractivity contribution < 1.29 is 14.3 Å². The molecule has 0 amide bonds. The Morgan fingerprint density at radius 3 is 2.31 bits per heavy atom. The molecule has 4 heteroatoms. The average Bonchev–Trinajstić information content (AvgIpc) is 2.82. The van der Waals surface area contributed by atoms with Gasteiger partial charge in [0.15, 0.2) is 6.10 Å². The van der Waals surface area contributed by atoms with Crippen LogP contribution in [0.1, 0.15) is 45.2 Å². The Morgan fingerprint density at radius 2 is 1.62 bits per heavy atom. The summed E-state index contributed by atoms with van der Waals surface area (Å²) in [5.41, 5.74) is 5.42. The first-order chi connectivity index (χ1) is 15.5. The molecule has 1 unspecified atom stereocenters. The van der Waals surface area contributed by atoms with E-state index in [4.69, 9.17) is 9.72 Å². The summed E-state index contributed by atoms with van der Waals surface area (Å²) in [5, 5.41) is 0.716. The van der Waals surface area contributed by atoms with E-state index in [0.29, 0.717) is 28.6 Å². The number of hydrogen-bond acceptors (Lipinski definition) is 4. The number of aryl methyl sites for hydroxylation is 2. The molecule has 0 aliphatic heterocycles. The van der Waals surface area contributed by atoms with E-state index in [-0.39, 0.29) is 5.78 Å². The Hall–Kier alpha value is -3.79. The number of carbonyl (C=O) groups excluding carboxylic acids is 2. The van der Waals surface area contributed by atoms with Crippen LogP contribution in [0.25, 0.3) is 22.2 Å². The third-order valence-corrected chi connectivity index (χ3v) is 5.58. The molecule has 0 spiro atoms. The third-order valence-electron chi connectivity index (χ3n) is 5.58. The quantitative estimate of drug-likeness (QED) is 0.268. The summed E-state index contributed by atoms with van der Waals surface area (Å²) in [4.78, 5) is 31.0. The molecule has 1 heterocycles. The van der Waals surface area contributed by atoms with Crippen LogP contribution in [0.5, 0.6) is 0 Å².